The lowest BCUT2D eigenvalue weighted by Gasteiger charge is -2.32. The van der Waals surface area contributed by atoms with Crippen molar-refractivity contribution in [2.45, 2.75) is 32.4 Å². The highest BCUT2D eigenvalue weighted by atomic mass is 79.9. The topological polar surface area (TPSA) is 107 Å². The van der Waals surface area contributed by atoms with E-state index in [-0.39, 0.29) is 17.9 Å². The zero-order valence-electron chi connectivity index (χ0n) is 17.3. The average Bonchev–Trinajstić information content (AvgIpc) is 2.75. The van der Waals surface area contributed by atoms with Crippen LogP contribution in [0.1, 0.15) is 36.9 Å². The summed E-state index contributed by atoms with van der Waals surface area (Å²) in [6.07, 6.45) is 1.86. The molecule has 2 aromatic rings. The smallest absolute Gasteiger partial charge is 0.414 e. The number of nitrogens with zero attached hydrogens (tertiary/aromatic N) is 1. The van der Waals surface area contributed by atoms with Gasteiger partial charge in [0.05, 0.1) is 6.04 Å². The number of benzene rings is 2. The number of carbonyl (C=O) groups is 3. The highest BCUT2D eigenvalue weighted by molar-refractivity contribution is 9.10. The van der Waals surface area contributed by atoms with Gasteiger partial charge in [-0.05, 0) is 56.1 Å². The van der Waals surface area contributed by atoms with E-state index in [0.717, 1.165) is 42.5 Å². The van der Waals surface area contributed by atoms with Gasteiger partial charge in [-0.2, -0.15) is 0 Å². The molecule has 1 atom stereocenters. The Morgan fingerprint density at radius 2 is 1.65 bits per heavy atom. The fraction of sp³-hybridized carbons (Fsp3) is 0.348. The van der Waals surface area contributed by atoms with E-state index in [4.69, 9.17) is 19.8 Å². The van der Waals surface area contributed by atoms with E-state index in [2.05, 4.69) is 63.4 Å². The number of piperidine rings is 1. The Kier molecular flexibility index (Phi) is 9.68. The van der Waals surface area contributed by atoms with Crippen LogP contribution in [-0.4, -0.2) is 46.0 Å². The minimum Gasteiger partial charge on any atom is -0.473 e. The molecule has 8 heteroatoms. The number of hydrogen-bond donors (Lipinski definition) is 3. The van der Waals surface area contributed by atoms with Crippen molar-refractivity contribution in [3.8, 4) is 0 Å². The van der Waals surface area contributed by atoms with Crippen molar-refractivity contribution in [1.29, 1.82) is 0 Å². The Balaban J connectivity index is 0.000000501. The van der Waals surface area contributed by atoms with Crippen molar-refractivity contribution in [1.82, 2.24) is 10.2 Å². The van der Waals surface area contributed by atoms with Crippen molar-refractivity contribution < 1.29 is 24.6 Å². The highest BCUT2D eigenvalue weighted by Crippen LogP contribution is 2.22. The van der Waals surface area contributed by atoms with Gasteiger partial charge in [0.15, 0.2) is 0 Å². The number of halogens is 1. The Labute approximate surface area is 190 Å². The first-order chi connectivity index (χ1) is 14.8. The summed E-state index contributed by atoms with van der Waals surface area (Å²) in [4.78, 5) is 33.2. The summed E-state index contributed by atoms with van der Waals surface area (Å²) in [5, 5.41) is 18.0. The summed E-state index contributed by atoms with van der Waals surface area (Å²) in [6.45, 7) is 4.96. The molecule has 0 spiro atoms. The van der Waals surface area contributed by atoms with Gasteiger partial charge in [-0.1, -0.05) is 58.4 Å². The minimum atomic E-state index is -1.82. The maximum Gasteiger partial charge on any atom is 0.414 e. The highest BCUT2D eigenvalue weighted by Gasteiger charge is 2.26. The van der Waals surface area contributed by atoms with Crippen LogP contribution in [0, 0.1) is 5.92 Å². The molecule has 0 aromatic heterocycles. The molecule has 166 valence electrons. The lowest BCUT2D eigenvalue weighted by molar-refractivity contribution is -0.159. The van der Waals surface area contributed by atoms with Gasteiger partial charge in [-0.15, -0.1) is 0 Å². The number of amides is 1. The molecular formula is C23H27BrN2O5. The van der Waals surface area contributed by atoms with Crippen LogP contribution in [0.5, 0.6) is 0 Å². The van der Waals surface area contributed by atoms with Crippen molar-refractivity contribution >= 4 is 33.8 Å². The summed E-state index contributed by atoms with van der Waals surface area (Å²) < 4.78 is 1.12. The second kappa shape index (κ2) is 12.2. The van der Waals surface area contributed by atoms with Crippen LogP contribution >= 0.6 is 15.9 Å². The molecule has 1 fully saturated rings. The second-order valence-electron chi connectivity index (χ2n) is 7.43. The first kappa shape index (κ1) is 24.6. The molecule has 1 heterocycles. The molecule has 7 nitrogen and oxygen atoms in total. The molecular weight excluding hydrogens is 464 g/mol. The fourth-order valence-corrected chi connectivity index (χ4v) is 3.85. The van der Waals surface area contributed by atoms with Crippen LogP contribution in [0.15, 0.2) is 59.1 Å². The van der Waals surface area contributed by atoms with E-state index in [1.165, 1.54) is 5.56 Å². The van der Waals surface area contributed by atoms with E-state index in [1.807, 2.05) is 24.3 Å². The number of rotatable bonds is 5. The predicted molar refractivity (Wildman–Crippen MR) is 120 cm³/mol. The van der Waals surface area contributed by atoms with Gasteiger partial charge >= 0.3 is 11.9 Å². The maximum atomic E-state index is 12.6. The fourth-order valence-electron chi connectivity index (χ4n) is 3.40. The standard InChI is InChI=1S/C21H25BrN2O.C2H2O4/c1-16(18-7-3-2-4-8-18)23-21(25)19-10-12-24(13-11-19)15-17-6-5-9-20(22)14-17;3-1(4)2(5)6/h2-9,14,16,19H,10-13,15H2,1H3,(H,23,25);(H,3,4)(H,5,6)/t16-;/m1./s1. The van der Waals surface area contributed by atoms with Crippen LogP contribution in [0.4, 0.5) is 0 Å². The molecule has 0 unspecified atom stereocenters. The van der Waals surface area contributed by atoms with E-state index in [1.54, 1.807) is 0 Å². The van der Waals surface area contributed by atoms with E-state index < -0.39 is 11.9 Å². The first-order valence-corrected chi connectivity index (χ1v) is 10.8. The molecule has 1 aliphatic rings. The Morgan fingerprint density at radius 3 is 2.19 bits per heavy atom. The van der Waals surface area contributed by atoms with Crippen molar-refractivity contribution in [3.63, 3.8) is 0 Å². The van der Waals surface area contributed by atoms with Gasteiger partial charge in [0.1, 0.15) is 0 Å². The molecule has 2 aromatic carbocycles. The largest absolute Gasteiger partial charge is 0.473 e. The summed E-state index contributed by atoms with van der Waals surface area (Å²) >= 11 is 3.53. The van der Waals surface area contributed by atoms with Crippen LogP contribution in [0.3, 0.4) is 0 Å². The zero-order chi connectivity index (χ0) is 22.8. The number of hydrogen-bond acceptors (Lipinski definition) is 4. The molecule has 0 saturated carbocycles. The van der Waals surface area contributed by atoms with Crippen LogP contribution in [0.2, 0.25) is 0 Å². The van der Waals surface area contributed by atoms with Crippen molar-refractivity contribution in [2.24, 2.45) is 5.92 Å². The number of carbonyl (C=O) groups excluding carboxylic acids is 1. The summed E-state index contributed by atoms with van der Waals surface area (Å²) in [5.74, 6) is -3.33. The van der Waals surface area contributed by atoms with Crippen molar-refractivity contribution in [2.75, 3.05) is 13.1 Å². The minimum absolute atomic E-state index is 0.0633. The Morgan fingerprint density at radius 1 is 1.03 bits per heavy atom. The third-order valence-corrected chi connectivity index (χ3v) is 5.59. The lowest BCUT2D eigenvalue weighted by Crippen LogP contribution is -2.40. The molecule has 31 heavy (non-hydrogen) atoms. The van der Waals surface area contributed by atoms with Gasteiger partial charge in [0, 0.05) is 16.9 Å². The number of nitrogens with one attached hydrogen (secondary N) is 1. The second-order valence-corrected chi connectivity index (χ2v) is 8.35. The van der Waals surface area contributed by atoms with E-state index >= 15 is 0 Å². The normalized spacial score (nSPS) is 15.3. The first-order valence-electron chi connectivity index (χ1n) is 10.0. The average molecular weight is 491 g/mol. The monoisotopic (exact) mass is 490 g/mol. The van der Waals surface area contributed by atoms with Gasteiger partial charge < -0.3 is 15.5 Å². The third kappa shape index (κ3) is 8.51. The third-order valence-electron chi connectivity index (χ3n) is 5.09. The quantitative estimate of drug-likeness (QED) is 0.551. The zero-order valence-corrected chi connectivity index (χ0v) is 18.9. The maximum absolute atomic E-state index is 12.6. The molecule has 1 saturated heterocycles. The van der Waals surface area contributed by atoms with E-state index in [0.29, 0.717) is 0 Å². The van der Waals surface area contributed by atoms with Gasteiger partial charge in [0.25, 0.3) is 0 Å². The number of carboxylic acids is 2. The SMILES string of the molecule is C[C@@H](NC(=O)C1CCN(Cc2cccc(Br)c2)CC1)c1ccccc1.O=C(O)C(=O)O. The van der Waals surface area contributed by atoms with Gasteiger partial charge in [0.2, 0.25) is 5.91 Å². The molecule has 3 N–H and O–H groups in total. The summed E-state index contributed by atoms with van der Waals surface area (Å²) in [7, 11) is 0. The van der Waals surface area contributed by atoms with Gasteiger partial charge in [-0.25, -0.2) is 9.59 Å². The van der Waals surface area contributed by atoms with Crippen LogP contribution < -0.4 is 5.32 Å². The molecule has 1 aliphatic heterocycles. The number of carboxylic acid groups (broad SMARTS) is 2. The number of likely N-dealkylation sites (tertiary alicyclic amines) is 1. The Bertz CT molecular complexity index is 871. The van der Waals surface area contributed by atoms with Crippen LogP contribution in [-0.2, 0) is 20.9 Å². The molecule has 3 rings (SSSR count). The van der Waals surface area contributed by atoms with Crippen molar-refractivity contribution in [3.05, 3.63) is 70.2 Å². The molecule has 0 radical (unpaired) electrons. The van der Waals surface area contributed by atoms with E-state index in [9.17, 15) is 4.79 Å². The summed E-state index contributed by atoms with van der Waals surface area (Å²) in [6, 6.07) is 18.7. The molecule has 0 bridgehead atoms. The van der Waals surface area contributed by atoms with Crippen LogP contribution in [0.25, 0.3) is 0 Å². The number of aliphatic carboxylic acids is 2. The molecule has 1 amide bonds. The summed E-state index contributed by atoms with van der Waals surface area (Å²) in [5.41, 5.74) is 2.47. The molecule has 0 aliphatic carbocycles. The Hall–Kier alpha value is -2.71. The lowest BCUT2D eigenvalue weighted by atomic mass is 9.95. The van der Waals surface area contributed by atoms with Gasteiger partial charge in [-0.3, -0.25) is 9.69 Å². The predicted octanol–water partition coefficient (Wildman–Crippen LogP) is 3.69.